The first-order chi connectivity index (χ1) is 12.3. The molecule has 0 atom stereocenters. The summed E-state index contributed by atoms with van der Waals surface area (Å²) in [6.07, 6.45) is 9.58. The van der Waals surface area contributed by atoms with Crippen LogP contribution in [0.1, 0.15) is 45.2 Å². The van der Waals surface area contributed by atoms with E-state index in [0.717, 1.165) is 21.7 Å². The molecule has 0 radical (unpaired) electrons. The van der Waals surface area contributed by atoms with Crippen LogP contribution in [0, 0.1) is 6.92 Å². The van der Waals surface area contributed by atoms with E-state index in [1.54, 1.807) is 18.2 Å². The second kappa shape index (κ2) is 8.95. The van der Waals surface area contributed by atoms with Crippen molar-refractivity contribution < 1.29 is 14.3 Å². The Bertz CT molecular complexity index is 783. The molecular weight excluding hydrogens is 344 g/mol. The Morgan fingerprint density at radius 2 is 1.73 bits per heavy atom. The van der Waals surface area contributed by atoms with Crippen LogP contribution in [0.3, 0.4) is 0 Å². The van der Waals surface area contributed by atoms with Gasteiger partial charge in [-0.05, 0) is 64.5 Å². The Hall–Kier alpha value is -2.20. The average molecular weight is 371 g/mol. The number of ketones is 1. The van der Waals surface area contributed by atoms with Gasteiger partial charge in [0.25, 0.3) is 0 Å². The maximum absolute atomic E-state index is 12.4. The normalized spacial score (nSPS) is 14.3. The predicted octanol–water partition coefficient (Wildman–Crippen LogP) is 5.41. The SMILES string of the molecule is Cc1cc(C=CC(=O)C2=CCC(=S)C=C2)c(OC(C)C)cc1OC(C)C. The molecule has 1 aromatic rings. The van der Waals surface area contributed by atoms with Gasteiger partial charge in [0.2, 0.25) is 0 Å². The topological polar surface area (TPSA) is 35.5 Å². The number of benzene rings is 1. The molecule has 26 heavy (non-hydrogen) atoms. The molecule has 3 nitrogen and oxygen atoms in total. The number of rotatable bonds is 7. The Kier molecular flexibility index (Phi) is 6.92. The minimum absolute atomic E-state index is 0.0254. The molecule has 0 aliphatic heterocycles. The van der Waals surface area contributed by atoms with Gasteiger partial charge in [0.15, 0.2) is 5.78 Å². The molecule has 138 valence electrons. The molecular formula is C22H26O3S. The summed E-state index contributed by atoms with van der Waals surface area (Å²) >= 11 is 5.11. The second-order valence-corrected chi connectivity index (χ2v) is 7.37. The zero-order chi connectivity index (χ0) is 19.3. The quantitative estimate of drug-likeness (QED) is 0.475. The van der Waals surface area contributed by atoms with Crippen LogP contribution in [0.4, 0.5) is 0 Å². The first-order valence-electron chi connectivity index (χ1n) is 8.87. The summed E-state index contributed by atoms with van der Waals surface area (Å²) in [5.74, 6) is 1.46. The van der Waals surface area contributed by atoms with Crippen LogP contribution >= 0.6 is 12.2 Å². The van der Waals surface area contributed by atoms with E-state index < -0.39 is 0 Å². The monoisotopic (exact) mass is 370 g/mol. The molecule has 1 aromatic carbocycles. The predicted molar refractivity (Wildman–Crippen MR) is 111 cm³/mol. The fraction of sp³-hybridized carbons (Fsp3) is 0.364. The van der Waals surface area contributed by atoms with Gasteiger partial charge in [-0.2, -0.15) is 0 Å². The van der Waals surface area contributed by atoms with E-state index in [1.807, 2.05) is 58.9 Å². The lowest BCUT2D eigenvalue weighted by Crippen LogP contribution is -2.10. The fourth-order valence-corrected chi connectivity index (χ4v) is 2.68. The van der Waals surface area contributed by atoms with Crippen molar-refractivity contribution in [1.29, 1.82) is 0 Å². The second-order valence-electron chi connectivity index (χ2n) is 6.85. The number of thiocarbonyl (C=S) groups is 1. The molecule has 0 amide bonds. The summed E-state index contributed by atoms with van der Waals surface area (Å²) < 4.78 is 11.8. The Morgan fingerprint density at radius 3 is 2.31 bits per heavy atom. The molecule has 0 aromatic heterocycles. The maximum Gasteiger partial charge on any atom is 0.185 e. The number of carbonyl (C=O) groups is 1. The molecule has 0 unspecified atom stereocenters. The average Bonchev–Trinajstić information content (AvgIpc) is 2.55. The van der Waals surface area contributed by atoms with Gasteiger partial charge in [0, 0.05) is 28.5 Å². The molecule has 0 N–H and O–H groups in total. The molecule has 0 heterocycles. The largest absolute Gasteiger partial charge is 0.491 e. The molecule has 2 rings (SSSR count). The third-order valence-electron chi connectivity index (χ3n) is 3.70. The van der Waals surface area contributed by atoms with E-state index in [1.165, 1.54) is 0 Å². The minimum Gasteiger partial charge on any atom is -0.491 e. The number of allylic oxidation sites excluding steroid dienone is 5. The molecule has 0 spiro atoms. The van der Waals surface area contributed by atoms with E-state index in [4.69, 9.17) is 21.7 Å². The van der Waals surface area contributed by atoms with E-state index in [9.17, 15) is 4.79 Å². The molecule has 0 saturated carbocycles. The molecule has 0 fully saturated rings. The number of hydrogen-bond acceptors (Lipinski definition) is 4. The summed E-state index contributed by atoms with van der Waals surface area (Å²) in [6, 6.07) is 3.89. The zero-order valence-electron chi connectivity index (χ0n) is 16.0. The van der Waals surface area contributed by atoms with Crippen LogP contribution in [0.25, 0.3) is 6.08 Å². The van der Waals surface area contributed by atoms with Gasteiger partial charge in [-0.3, -0.25) is 4.79 Å². The van der Waals surface area contributed by atoms with Crippen molar-refractivity contribution >= 4 is 28.9 Å². The number of aryl methyl sites for hydroxylation is 1. The Balaban J connectivity index is 2.29. The van der Waals surface area contributed by atoms with E-state index in [-0.39, 0.29) is 18.0 Å². The smallest absolute Gasteiger partial charge is 0.185 e. The summed E-state index contributed by atoms with van der Waals surface area (Å²) in [5.41, 5.74) is 2.53. The van der Waals surface area contributed by atoms with Crippen molar-refractivity contribution in [2.45, 2.75) is 53.2 Å². The lowest BCUT2D eigenvalue weighted by molar-refractivity contribution is -0.111. The molecule has 1 aliphatic carbocycles. The molecule has 0 bridgehead atoms. The molecule has 4 heteroatoms. The van der Waals surface area contributed by atoms with Crippen molar-refractivity contribution in [2.24, 2.45) is 0 Å². The lowest BCUT2D eigenvalue weighted by atomic mass is 10.0. The number of carbonyl (C=O) groups excluding carboxylic acids is 1. The third-order valence-corrected chi connectivity index (χ3v) is 4.01. The highest BCUT2D eigenvalue weighted by molar-refractivity contribution is 7.80. The maximum atomic E-state index is 12.4. The van der Waals surface area contributed by atoms with Gasteiger partial charge in [-0.15, -0.1) is 0 Å². The standard InChI is InChI=1S/C22H26O3S/c1-14(2)24-21-13-22(25-15(3)4)18(12-16(21)5)8-11-20(23)17-6-9-19(26)10-7-17/h6-9,11-15H,10H2,1-5H3. The van der Waals surface area contributed by atoms with Crippen LogP contribution in [-0.2, 0) is 4.79 Å². The highest BCUT2D eigenvalue weighted by Gasteiger charge is 2.12. The van der Waals surface area contributed by atoms with Gasteiger partial charge < -0.3 is 9.47 Å². The third kappa shape index (κ3) is 5.67. The van der Waals surface area contributed by atoms with Crippen molar-refractivity contribution in [3.05, 3.63) is 53.1 Å². The van der Waals surface area contributed by atoms with Crippen LogP contribution in [0.5, 0.6) is 11.5 Å². The summed E-state index contributed by atoms with van der Waals surface area (Å²) in [5, 5.41) is 0. The van der Waals surface area contributed by atoms with Gasteiger partial charge in [0.05, 0.1) is 12.2 Å². The molecule has 0 saturated heterocycles. The van der Waals surface area contributed by atoms with Gasteiger partial charge in [-0.25, -0.2) is 0 Å². The Morgan fingerprint density at radius 1 is 1.08 bits per heavy atom. The van der Waals surface area contributed by atoms with Crippen molar-refractivity contribution in [3.8, 4) is 11.5 Å². The summed E-state index contributed by atoms with van der Waals surface area (Å²) in [7, 11) is 0. The highest BCUT2D eigenvalue weighted by atomic mass is 32.1. The van der Waals surface area contributed by atoms with Gasteiger partial charge >= 0.3 is 0 Å². The van der Waals surface area contributed by atoms with Crippen LogP contribution in [-0.4, -0.2) is 22.9 Å². The van der Waals surface area contributed by atoms with Crippen LogP contribution in [0.15, 0.2) is 42.0 Å². The number of hydrogen-bond donors (Lipinski definition) is 0. The zero-order valence-corrected chi connectivity index (χ0v) is 16.9. The number of ether oxygens (including phenoxy) is 2. The van der Waals surface area contributed by atoms with Crippen LogP contribution in [0.2, 0.25) is 0 Å². The van der Waals surface area contributed by atoms with Gasteiger partial charge in [-0.1, -0.05) is 24.4 Å². The Labute approximate surface area is 161 Å². The van der Waals surface area contributed by atoms with E-state index in [0.29, 0.717) is 17.7 Å². The lowest BCUT2D eigenvalue weighted by Gasteiger charge is -2.18. The first-order valence-corrected chi connectivity index (χ1v) is 9.28. The first kappa shape index (κ1) is 20.1. The van der Waals surface area contributed by atoms with Crippen molar-refractivity contribution in [1.82, 2.24) is 0 Å². The van der Waals surface area contributed by atoms with E-state index in [2.05, 4.69) is 0 Å². The summed E-state index contributed by atoms with van der Waals surface area (Å²) in [6.45, 7) is 9.92. The van der Waals surface area contributed by atoms with Gasteiger partial charge in [0.1, 0.15) is 11.5 Å². The summed E-state index contributed by atoms with van der Waals surface area (Å²) in [4.78, 5) is 13.2. The minimum atomic E-state index is -0.0422. The van der Waals surface area contributed by atoms with Crippen molar-refractivity contribution in [3.63, 3.8) is 0 Å². The molecule has 1 aliphatic rings. The highest BCUT2D eigenvalue weighted by Crippen LogP contribution is 2.31. The van der Waals surface area contributed by atoms with Crippen molar-refractivity contribution in [2.75, 3.05) is 0 Å². The van der Waals surface area contributed by atoms with Crippen LogP contribution < -0.4 is 9.47 Å². The van der Waals surface area contributed by atoms with E-state index >= 15 is 0 Å². The fourth-order valence-electron chi connectivity index (χ4n) is 2.53.